The summed E-state index contributed by atoms with van der Waals surface area (Å²) in [7, 11) is 0. The predicted molar refractivity (Wildman–Crippen MR) is 123 cm³/mol. The van der Waals surface area contributed by atoms with Gasteiger partial charge in [0.25, 0.3) is 0 Å². The number of carbonyl (C=O) groups excluding carboxylic acids is 1. The topological polar surface area (TPSA) is 56.5 Å². The quantitative estimate of drug-likeness (QED) is 0.317. The molecule has 0 aromatic heterocycles. The number of amides is 1. The zero-order chi connectivity index (χ0) is 21.7. The van der Waals surface area contributed by atoms with Gasteiger partial charge in [-0.05, 0) is 35.4 Å². The molecule has 0 aliphatic heterocycles. The first-order valence-electron chi connectivity index (χ1n) is 8.95. The van der Waals surface area contributed by atoms with Gasteiger partial charge in [0.1, 0.15) is 5.92 Å². The van der Waals surface area contributed by atoms with Gasteiger partial charge in [0.05, 0.1) is 18.0 Å². The number of nitrogens with zero attached hydrogens (tertiary/aromatic N) is 3. The Morgan fingerprint density at radius 1 is 1.00 bits per heavy atom. The summed E-state index contributed by atoms with van der Waals surface area (Å²) < 4.78 is 0. The average Bonchev–Trinajstić information content (AvgIpc) is 2.72. The molecule has 150 valence electrons. The molecule has 3 rings (SSSR count). The molecule has 0 bridgehead atoms. The SMILES string of the molecule is CC(=O)N(/N=C/c1ccccc1)c1ccc(C(C#N)c2c(Cl)cccc2Cl)c(Cl)c1. The zero-order valence-corrected chi connectivity index (χ0v) is 18.2. The van der Waals surface area contributed by atoms with Crippen LogP contribution in [0.3, 0.4) is 0 Å². The van der Waals surface area contributed by atoms with Crippen molar-refractivity contribution in [3.05, 3.63) is 98.5 Å². The van der Waals surface area contributed by atoms with E-state index < -0.39 is 5.92 Å². The molecule has 0 heterocycles. The lowest BCUT2D eigenvalue weighted by Crippen LogP contribution is -2.22. The highest BCUT2D eigenvalue weighted by atomic mass is 35.5. The number of halogens is 3. The van der Waals surface area contributed by atoms with Crippen LogP contribution in [0.1, 0.15) is 29.5 Å². The lowest BCUT2D eigenvalue weighted by molar-refractivity contribution is -0.116. The number of hydrogen-bond donors (Lipinski definition) is 0. The highest BCUT2D eigenvalue weighted by Crippen LogP contribution is 2.39. The van der Waals surface area contributed by atoms with Gasteiger partial charge in [-0.2, -0.15) is 10.4 Å². The molecule has 7 heteroatoms. The van der Waals surface area contributed by atoms with Gasteiger partial charge in [-0.3, -0.25) is 4.79 Å². The number of anilines is 1. The lowest BCUT2D eigenvalue weighted by Gasteiger charge is -2.19. The summed E-state index contributed by atoms with van der Waals surface area (Å²) in [6, 6.07) is 21.6. The average molecular weight is 457 g/mol. The zero-order valence-electron chi connectivity index (χ0n) is 15.9. The lowest BCUT2D eigenvalue weighted by atomic mass is 9.92. The summed E-state index contributed by atoms with van der Waals surface area (Å²) in [4.78, 5) is 12.1. The summed E-state index contributed by atoms with van der Waals surface area (Å²) in [6.45, 7) is 1.41. The first-order valence-corrected chi connectivity index (χ1v) is 10.1. The number of hydrazone groups is 1. The second-order valence-electron chi connectivity index (χ2n) is 6.39. The van der Waals surface area contributed by atoms with Gasteiger partial charge >= 0.3 is 0 Å². The first-order chi connectivity index (χ1) is 14.4. The Labute approximate surface area is 189 Å². The van der Waals surface area contributed by atoms with Crippen LogP contribution >= 0.6 is 34.8 Å². The third-order valence-electron chi connectivity index (χ3n) is 4.38. The molecule has 3 aromatic rings. The summed E-state index contributed by atoms with van der Waals surface area (Å²) in [5, 5.41) is 16.4. The van der Waals surface area contributed by atoms with Crippen molar-refractivity contribution < 1.29 is 4.79 Å². The summed E-state index contributed by atoms with van der Waals surface area (Å²) in [6.07, 6.45) is 1.59. The Balaban J connectivity index is 1.98. The van der Waals surface area contributed by atoms with Crippen LogP contribution in [-0.2, 0) is 4.79 Å². The van der Waals surface area contributed by atoms with Crippen LogP contribution in [0.5, 0.6) is 0 Å². The molecule has 3 aromatic carbocycles. The van der Waals surface area contributed by atoms with E-state index in [0.29, 0.717) is 31.9 Å². The molecule has 1 unspecified atom stereocenters. The first kappa shape index (κ1) is 21.9. The Morgan fingerprint density at radius 3 is 2.23 bits per heavy atom. The molecular weight excluding hydrogens is 441 g/mol. The second-order valence-corrected chi connectivity index (χ2v) is 7.61. The smallest absolute Gasteiger partial charge is 0.244 e. The van der Waals surface area contributed by atoms with Gasteiger partial charge < -0.3 is 0 Å². The molecular formula is C23H16Cl3N3O. The summed E-state index contributed by atoms with van der Waals surface area (Å²) >= 11 is 19.1. The normalized spacial score (nSPS) is 11.8. The fourth-order valence-electron chi connectivity index (χ4n) is 2.95. The predicted octanol–water partition coefficient (Wildman–Crippen LogP) is 6.69. The Bertz CT molecular complexity index is 1120. The number of hydrogen-bond acceptors (Lipinski definition) is 3. The maximum absolute atomic E-state index is 12.1. The Kier molecular flexibility index (Phi) is 7.12. The van der Waals surface area contributed by atoms with Crippen molar-refractivity contribution in [3.63, 3.8) is 0 Å². The van der Waals surface area contributed by atoms with Gasteiger partial charge in [-0.25, -0.2) is 5.01 Å². The third kappa shape index (κ3) is 4.83. The Hall–Kier alpha value is -2.84. The highest BCUT2D eigenvalue weighted by Gasteiger charge is 2.23. The van der Waals surface area contributed by atoms with E-state index >= 15 is 0 Å². The minimum Gasteiger partial charge on any atom is -0.273 e. The molecule has 1 atom stereocenters. The molecule has 0 N–H and O–H groups in total. The van der Waals surface area contributed by atoms with E-state index in [1.807, 2.05) is 30.3 Å². The third-order valence-corrected chi connectivity index (χ3v) is 5.36. The molecule has 0 saturated carbocycles. The van der Waals surface area contributed by atoms with E-state index in [2.05, 4.69) is 11.2 Å². The maximum Gasteiger partial charge on any atom is 0.244 e. The maximum atomic E-state index is 12.1. The van der Waals surface area contributed by atoms with Crippen molar-refractivity contribution in [1.82, 2.24) is 0 Å². The van der Waals surface area contributed by atoms with Crippen molar-refractivity contribution in [2.24, 2.45) is 5.10 Å². The summed E-state index contributed by atoms with van der Waals surface area (Å²) in [5.74, 6) is -1.04. The molecule has 0 spiro atoms. The molecule has 0 fully saturated rings. The van der Waals surface area contributed by atoms with Crippen LogP contribution in [0.15, 0.2) is 71.8 Å². The van der Waals surface area contributed by atoms with Gasteiger partial charge in [0.15, 0.2) is 0 Å². The number of nitriles is 1. The standard InChI is InChI=1S/C23H16Cl3N3O/c1-15(30)29(28-14-16-6-3-2-4-7-16)17-10-11-18(22(26)12-17)19(13-27)23-20(24)8-5-9-21(23)25/h2-12,14,19H,1H3/b28-14+. The van der Waals surface area contributed by atoms with Crippen molar-refractivity contribution in [1.29, 1.82) is 5.26 Å². The van der Waals surface area contributed by atoms with Crippen molar-refractivity contribution in [3.8, 4) is 6.07 Å². The molecule has 0 aliphatic rings. The monoisotopic (exact) mass is 455 g/mol. The van der Waals surface area contributed by atoms with Gasteiger partial charge in [0.2, 0.25) is 5.91 Å². The van der Waals surface area contributed by atoms with E-state index in [1.54, 1.807) is 42.6 Å². The molecule has 1 amide bonds. The van der Waals surface area contributed by atoms with Crippen molar-refractivity contribution in [2.45, 2.75) is 12.8 Å². The van der Waals surface area contributed by atoms with Crippen LogP contribution < -0.4 is 5.01 Å². The van der Waals surface area contributed by atoms with Crippen LogP contribution in [0.25, 0.3) is 0 Å². The minimum atomic E-state index is -0.758. The van der Waals surface area contributed by atoms with Gasteiger partial charge in [-0.1, -0.05) is 77.3 Å². The highest BCUT2D eigenvalue weighted by molar-refractivity contribution is 6.36. The number of benzene rings is 3. The largest absolute Gasteiger partial charge is 0.273 e. The summed E-state index contributed by atoms with van der Waals surface area (Å²) in [5.41, 5.74) is 2.35. The van der Waals surface area contributed by atoms with Crippen LogP contribution in [0.4, 0.5) is 5.69 Å². The van der Waals surface area contributed by atoms with Crippen molar-refractivity contribution in [2.75, 3.05) is 5.01 Å². The van der Waals surface area contributed by atoms with E-state index in [9.17, 15) is 10.1 Å². The molecule has 30 heavy (non-hydrogen) atoms. The molecule has 0 radical (unpaired) electrons. The molecule has 0 saturated heterocycles. The van der Waals surface area contributed by atoms with Crippen molar-refractivity contribution >= 4 is 52.6 Å². The van der Waals surface area contributed by atoms with E-state index in [0.717, 1.165) is 5.56 Å². The van der Waals surface area contributed by atoms with Gasteiger partial charge in [-0.15, -0.1) is 0 Å². The van der Waals surface area contributed by atoms with Crippen LogP contribution in [0, 0.1) is 11.3 Å². The fraction of sp³-hybridized carbons (Fsp3) is 0.0870. The fourth-order valence-corrected chi connectivity index (χ4v) is 3.85. The molecule has 4 nitrogen and oxygen atoms in total. The second kappa shape index (κ2) is 9.77. The number of rotatable bonds is 5. The number of carbonyl (C=O) groups is 1. The van der Waals surface area contributed by atoms with E-state index in [-0.39, 0.29) is 5.91 Å². The molecule has 0 aliphatic carbocycles. The van der Waals surface area contributed by atoms with Crippen LogP contribution in [0.2, 0.25) is 15.1 Å². The van der Waals surface area contributed by atoms with Gasteiger partial charge in [0, 0.05) is 27.6 Å². The van der Waals surface area contributed by atoms with E-state index in [4.69, 9.17) is 34.8 Å². The minimum absolute atomic E-state index is 0.281. The Morgan fingerprint density at radius 2 is 1.67 bits per heavy atom. The van der Waals surface area contributed by atoms with Crippen LogP contribution in [-0.4, -0.2) is 12.1 Å². The van der Waals surface area contributed by atoms with E-state index in [1.165, 1.54) is 11.9 Å².